The lowest BCUT2D eigenvalue weighted by molar-refractivity contribution is -0.137. The molecule has 3 aromatic carbocycles. The third-order valence-corrected chi connectivity index (χ3v) is 6.73. The average molecular weight is 589 g/mol. The van der Waals surface area contributed by atoms with Crippen LogP contribution < -0.4 is 5.32 Å². The van der Waals surface area contributed by atoms with Crippen molar-refractivity contribution < 1.29 is 27.5 Å². The highest BCUT2D eigenvalue weighted by molar-refractivity contribution is 5.86. The molecular weight excluding hydrogens is 561 g/mol. The zero-order valence-electron chi connectivity index (χ0n) is 23.3. The second-order valence-corrected chi connectivity index (χ2v) is 9.54. The molecule has 220 valence electrons. The number of amides is 1. The average Bonchev–Trinajstić information content (AvgIpc) is 3.68. The Balaban J connectivity index is 1.41. The van der Waals surface area contributed by atoms with Crippen LogP contribution in [0.15, 0.2) is 85.1 Å². The Hall–Kier alpha value is -5.26. The van der Waals surface area contributed by atoms with Crippen LogP contribution >= 0.6 is 0 Å². The van der Waals surface area contributed by atoms with Crippen LogP contribution in [0.5, 0.6) is 0 Å². The number of nitrogens with one attached hydrogen (secondary N) is 1. The number of halogens is 3. The van der Waals surface area contributed by atoms with Crippen LogP contribution in [0, 0.1) is 0 Å². The summed E-state index contributed by atoms with van der Waals surface area (Å²) in [6.45, 7) is 1.95. The van der Waals surface area contributed by atoms with Gasteiger partial charge in [-0.2, -0.15) is 18.3 Å². The van der Waals surface area contributed by atoms with Gasteiger partial charge in [0.2, 0.25) is 5.91 Å². The Kier molecular flexibility index (Phi) is 8.37. The van der Waals surface area contributed by atoms with E-state index in [1.807, 2.05) is 54.6 Å². The SMILES string of the molecule is CCOC(=O)c1cn(-c2ccc(-n3nc(-c4ccc(-c5ccc(C(F)(F)F)cc5)cc4)cc3CCC(=O)NC)cc2)nn1. The Morgan fingerprint density at radius 2 is 1.49 bits per heavy atom. The number of rotatable bonds is 9. The van der Waals surface area contributed by atoms with E-state index in [1.54, 1.807) is 18.7 Å². The number of nitrogens with zero attached hydrogens (tertiary/aromatic N) is 5. The molecule has 0 saturated carbocycles. The van der Waals surface area contributed by atoms with E-state index in [9.17, 15) is 22.8 Å². The lowest BCUT2D eigenvalue weighted by atomic mass is 10.0. The first kappa shape index (κ1) is 29.2. The van der Waals surface area contributed by atoms with Gasteiger partial charge in [0.15, 0.2) is 5.69 Å². The van der Waals surface area contributed by atoms with Crippen LogP contribution in [0.4, 0.5) is 13.2 Å². The number of carbonyl (C=O) groups excluding carboxylic acids is 2. The highest BCUT2D eigenvalue weighted by Gasteiger charge is 2.30. The van der Waals surface area contributed by atoms with Crippen molar-refractivity contribution in [3.05, 3.63) is 102 Å². The second-order valence-electron chi connectivity index (χ2n) is 9.54. The predicted octanol–water partition coefficient (Wildman–Crippen LogP) is 5.66. The summed E-state index contributed by atoms with van der Waals surface area (Å²) in [5, 5.41) is 15.3. The third kappa shape index (κ3) is 6.64. The highest BCUT2D eigenvalue weighted by atomic mass is 19.4. The summed E-state index contributed by atoms with van der Waals surface area (Å²) in [7, 11) is 1.58. The lowest BCUT2D eigenvalue weighted by Crippen LogP contribution is -2.18. The monoisotopic (exact) mass is 588 g/mol. The number of ether oxygens (including phenoxy) is 1. The normalized spacial score (nSPS) is 11.4. The van der Waals surface area contributed by atoms with Gasteiger partial charge in [0.25, 0.3) is 0 Å². The van der Waals surface area contributed by atoms with Gasteiger partial charge in [0.1, 0.15) is 0 Å². The van der Waals surface area contributed by atoms with Gasteiger partial charge in [-0.1, -0.05) is 41.6 Å². The number of carbonyl (C=O) groups is 2. The fourth-order valence-corrected chi connectivity index (χ4v) is 4.45. The second kappa shape index (κ2) is 12.3. The topological polar surface area (TPSA) is 104 Å². The van der Waals surface area contributed by atoms with E-state index in [4.69, 9.17) is 9.84 Å². The van der Waals surface area contributed by atoms with Crippen LogP contribution in [0.2, 0.25) is 0 Å². The molecule has 2 heterocycles. The van der Waals surface area contributed by atoms with Gasteiger partial charge in [0, 0.05) is 24.7 Å². The van der Waals surface area contributed by atoms with Crippen LogP contribution in [0.1, 0.15) is 35.1 Å². The molecule has 0 saturated heterocycles. The summed E-state index contributed by atoms with van der Waals surface area (Å²) in [6.07, 6.45) is -2.20. The number of alkyl halides is 3. The lowest BCUT2D eigenvalue weighted by Gasteiger charge is -2.09. The van der Waals surface area contributed by atoms with Gasteiger partial charge in [0.05, 0.1) is 35.4 Å². The van der Waals surface area contributed by atoms with Crippen molar-refractivity contribution in [2.45, 2.75) is 25.9 Å². The van der Waals surface area contributed by atoms with E-state index in [0.717, 1.165) is 34.6 Å². The molecule has 2 aromatic heterocycles. The van der Waals surface area contributed by atoms with Crippen molar-refractivity contribution in [3.63, 3.8) is 0 Å². The van der Waals surface area contributed by atoms with Crippen LogP contribution in [-0.2, 0) is 22.1 Å². The first-order valence-corrected chi connectivity index (χ1v) is 13.4. The van der Waals surface area contributed by atoms with Crippen molar-refractivity contribution in [1.82, 2.24) is 30.1 Å². The molecule has 12 heteroatoms. The van der Waals surface area contributed by atoms with E-state index in [2.05, 4.69) is 15.6 Å². The molecule has 0 radical (unpaired) electrons. The summed E-state index contributed by atoms with van der Waals surface area (Å²) in [5.41, 5.74) is 4.54. The third-order valence-electron chi connectivity index (χ3n) is 6.73. The molecule has 0 fully saturated rings. The van der Waals surface area contributed by atoms with Gasteiger partial charge in [-0.25, -0.2) is 14.2 Å². The number of benzene rings is 3. The van der Waals surface area contributed by atoms with Gasteiger partial charge >= 0.3 is 12.1 Å². The zero-order valence-corrected chi connectivity index (χ0v) is 23.3. The molecule has 1 amide bonds. The molecule has 1 N–H and O–H groups in total. The maximum atomic E-state index is 12.9. The number of esters is 1. The molecular formula is C31H27F3N6O3. The highest BCUT2D eigenvalue weighted by Crippen LogP contribution is 2.32. The van der Waals surface area contributed by atoms with Crippen LogP contribution in [-0.4, -0.2) is 50.3 Å². The minimum atomic E-state index is -4.39. The van der Waals surface area contributed by atoms with Crippen molar-refractivity contribution in [2.24, 2.45) is 0 Å². The summed E-state index contributed by atoms with van der Waals surface area (Å²) in [6, 6.07) is 21.6. The predicted molar refractivity (Wildman–Crippen MR) is 153 cm³/mol. The first-order valence-electron chi connectivity index (χ1n) is 13.4. The Morgan fingerprint density at radius 3 is 2.09 bits per heavy atom. The number of aryl methyl sites for hydroxylation is 1. The maximum Gasteiger partial charge on any atom is 0.416 e. The fraction of sp³-hybridized carbons (Fsp3) is 0.194. The van der Waals surface area contributed by atoms with E-state index in [0.29, 0.717) is 23.4 Å². The summed E-state index contributed by atoms with van der Waals surface area (Å²) < 4.78 is 47.0. The molecule has 0 aliphatic rings. The van der Waals surface area contributed by atoms with E-state index in [1.165, 1.54) is 23.0 Å². The van der Waals surface area contributed by atoms with Crippen molar-refractivity contribution in [1.29, 1.82) is 0 Å². The Labute approximate surface area is 244 Å². The number of hydrogen-bond donors (Lipinski definition) is 1. The van der Waals surface area contributed by atoms with Crippen molar-refractivity contribution in [3.8, 4) is 33.8 Å². The zero-order chi connectivity index (χ0) is 30.6. The van der Waals surface area contributed by atoms with E-state index in [-0.39, 0.29) is 24.6 Å². The summed E-state index contributed by atoms with van der Waals surface area (Å²) >= 11 is 0. The summed E-state index contributed by atoms with van der Waals surface area (Å²) in [4.78, 5) is 23.9. The van der Waals surface area contributed by atoms with E-state index < -0.39 is 17.7 Å². The molecule has 0 aliphatic carbocycles. The quantitative estimate of drug-likeness (QED) is 0.223. The van der Waals surface area contributed by atoms with Gasteiger partial charge in [-0.05, 0) is 66.9 Å². The molecule has 0 atom stereocenters. The molecule has 43 heavy (non-hydrogen) atoms. The molecule has 5 aromatic rings. The van der Waals surface area contributed by atoms with Gasteiger partial charge in [-0.15, -0.1) is 5.10 Å². The number of hydrogen-bond acceptors (Lipinski definition) is 6. The maximum absolute atomic E-state index is 12.9. The smallest absolute Gasteiger partial charge is 0.416 e. The first-order chi connectivity index (χ1) is 20.7. The Morgan fingerprint density at radius 1 is 0.884 bits per heavy atom. The molecule has 5 rings (SSSR count). The summed E-state index contributed by atoms with van der Waals surface area (Å²) in [5.74, 6) is -0.656. The molecule has 0 aliphatic heterocycles. The molecule has 0 spiro atoms. The Bertz CT molecular complexity index is 1720. The largest absolute Gasteiger partial charge is 0.461 e. The van der Waals surface area contributed by atoms with E-state index >= 15 is 0 Å². The van der Waals surface area contributed by atoms with Gasteiger partial charge in [-0.3, -0.25) is 4.79 Å². The van der Waals surface area contributed by atoms with Crippen molar-refractivity contribution >= 4 is 11.9 Å². The van der Waals surface area contributed by atoms with Gasteiger partial charge < -0.3 is 10.1 Å². The molecule has 9 nitrogen and oxygen atoms in total. The standard InChI is InChI=1S/C31H27F3N6O3/c1-3-43-30(42)28-19-39(38-36-28)24-12-14-25(15-13-24)40-26(16-17-29(41)35-2)18-27(37-40)22-6-4-20(5-7-22)21-8-10-23(11-9-21)31(32,33)34/h4-15,18-19H,3,16-17H2,1-2H3,(H,35,41). The van der Waals surface area contributed by atoms with Crippen LogP contribution in [0.25, 0.3) is 33.8 Å². The fourth-order valence-electron chi connectivity index (χ4n) is 4.45. The minimum Gasteiger partial charge on any atom is -0.461 e. The minimum absolute atomic E-state index is 0.100. The van der Waals surface area contributed by atoms with Crippen LogP contribution in [0.3, 0.4) is 0 Å². The molecule has 0 bridgehead atoms. The van der Waals surface area contributed by atoms with Crippen molar-refractivity contribution in [2.75, 3.05) is 13.7 Å². The molecule has 0 unspecified atom stereocenters. The number of aromatic nitrogens is 5.